The fraction of sp³-hybridized carbons (Fsp3) is 0.538. The summed E-state index contributed by atoms with van der Waals surface area (Å²) in [6.45, 7) is 2.02. The molecule has 0 bridgehead atoms. The Morgan fingerprint density at radius 3 is 2.82 bits per heavy atom. The van der Waals surface area contributed by atoms with Crippen LogP contribution in [0.25, 0.3) is 0 Å². The van der Waals surface area contributed by atoms with Crippen LogP contribution in [0.2, 0.25) is 5.02 Å². The van der Waals surface area contributed by atoms with E-state index in [-0.39, 0.29) is 6.61 Å². The van der Waals surface area contributed by atoms with E-state index in [0.29, 0.717) is 11.1 Å². The Labute approximate surface area is 108 Å². The van der Waals surface area contributed by atoms with Gasteiger partial charge < -0.3 is 14.9 Å². The lowest BCUT2D eigenvalue weighted by atomic mass is 10.1. The Kier molecular flexibility index (Phi) is 3.92. The van der Waals surface area contributed by atoms with E-state index >= 15 is 0 Å². The second-order valence-corrected chi connectivity index (χ2v) is 5.15. The van der Waals surface area contributed by atoms with Crippen molar-refractivity contribution in [2.24, 2.45) is 0 Å². The average Bonchev–Trinajstić information content (AvgIpc) is 2.77. The molecular weight excluding hydrogens is 236 g/mol. The van der Waals surface area contributed by atoms with Gasteiger partial charge in [-0.3, -0.25) is 0 Å². The van der Waals surface area contributed by atoms with Crippen molar-refractivity contribution in [1.82, 2.24) is 4.90 Å². The van der Waals surface area contributed by atoms with Crippen molar-refractivity contribution in [3.8, 4) is 0 Å². The third-order valence-electron chi connectivity index (χ3n) is 3.49. The van der Waals surface area contributed by atoms with Crippen LogP contribution in [0.1, 0.15) is 12.0 Å². The molecule has 0 amide bonds. The summed E-state index contributed by atoms with van der Waals surface area (Å²) in [6, 6.07) is 6.39. The van der Waals surface area contributed by atoms with Gasteiger partial charge in [0.1, 0.15) is 0 Å². The molecule has 1 heterocycles. The molecule has 3 nitrogen and oxygen atoms in total. The van der Waals surface area contributed by atoms with Crippen LogP contribution in [0.3, 0.4) is 0 Å². The zero-order valence-electron chi connectivity index (χ0n) is 10.4. The molecule has 1 atom stereocenters. The Hall–Kier alpha value is -0.770. The van der Waals surface area contributed by atoms with Gasteiger partial charge in [0.05, 0.1) is 6.61 Å². The van der Waals surface area contributed by atoms with Gasteiger partial charge in [-0.05, 0) is 32.6 Å². The zero-order valence-corrected chi connectivity index (χ0v) is 11.1. The molecule has 4 heteroatoms. The van der Waals surface area contributed by atoms with Gasteiger partial charge in [-0.2, -0.15) is 0 Å². The highest BCUT2D eigenvalue weighted by molar-refractivity contribution is 6.31. The predicted octanol–water partition coefficient (Wildman–Crippen LogP) is 1.97. The van der Waals surface area contributed by atoms with Crippen molar-refractivity contribution in [2.75, 3.05) is 32.1 Å². The highest BCUT2D eigenvalue weighted by Crippen LogP contribution is 2.30. The van der Waals surface area contributed by atoms with Gasteiger partial charge in [0, 0.05) is 35.4 Å². The van der Waals surface area contributed by atoms with E-state index in [2.05, 4.69) is 23.9 Å². The van der Waals surface area contributed by atoms with E-state index in [0.717, 1.165) is 30.8 Å². The van der Waals surface area contributed by atoms with Crippen molar-refractivity contribution in [1.29, 1.82) is 0 Å². The third-order valence-corrected chi connectivity index (χ3v) is 3.84. The first kappa shape index (κ1) is 12.7. The van der Waals surface area contributed by atoms with E-state index in [1.807, 2.05) is 18.2 Å². The number of aliphatic hydroxyl groups is 1. The van der Waals surface area contributed by atoms with E-state index < -0.39 is 0 Å². The Morgan fingerprint density at radius 2 is 2.24 bits per heavy atom. The van der Waals surface area contributed by atoms with Crippen LogP contribution in [0.15, 0.2) is 18.2 Å². The van der Waals surface area contributed by atoms with E-state index in [1.165, 1.54) is 0 Å². The average molecular weight is 255 g/mol. The lowest BCUT2D eigenvalue weighted by Crippen LogP contribution is -2.31. The molecule has 1 unspecified atom stereocenters. The molecule has 17 heavy (non-hydrogen) atoms. The molecule has 1 aromatic carbocycles. The van der Waals surface area contributed by atoms with E-state index in [4.69, 9.17) is 11.6 Å². The fourth-order valence-electron chi connectivity index (χ4n) is 2.38. The van der Waals surface area contributed by atoms with Gasteiger partial charge in [-0.15, -0.1) is 0 Å². The summed E-state index contributed by atoms with van der Waals surface area (Å²) >= 11 is 6.11. The molecule has 1 fully saturated rings. The van der Waals surface area contributed by atoms with Gasteiger partial charge in [0.15, 0.2) is 0 Å². The summed E-state index contributed by atoms with van der Waals surface area (Å²) in [5.74, 6) is 0. The molecule has 2 rings (SSSR count). The summed E-state index contributed by atoms with van der Waals surface area (Å²) in [6.07, 6.45) is 1.16. The minimum atomic E-state index is -0.00185. The first-order valence-corrected chi connectivity index (χ1v) is 6.31. The van der Waals surface area contributed by atoms with Crippen LogP contribution in [0, 0.1) is 0 Å². The summed E-state index contributed by atoms with van der Waals surface area (Å²) in [7, 11) is 4.22. The number of anilines is 1. The molecule has 1 aliphatic heterocycles. The molecule has 1 aromatic rings. The maximum atomic E-state index is 9.41. The van der Waals surface area contributed by atoms with Crippen molar-refractivity contribution in [3.05, 3.63) is 28.8 Å². The van der Waals surface area contributed by atoms with Crippen molar-refractivity contribution >= 4 is 17.3 Å². The monoisotopic (exact) mass is 254 g/mol. The van der Waals surface area contributed by atoms with Crippen LogP contribution in [-0.2, 0) is 6.61 Å². The normalized spacial score (nSPS) is 20.3. The standard InChI is InChI=1S/C13H19ClN2O/c1-15(2)10-6-7-16(8-10)13-5-3-4-12(14)11(13)9-17/h3-5,10,17H,6-9H2,1-2H3. The molecule has 94 valence electrons. The smallest absolute Gasteiger partial charge is 0.0716 e. The van der Waals surface area contributed by atoms with Crippen molar-refractivity contribution < 1.29 is 5.11 Å². The molecule has 1 saturated heterocycles. The SMILES string of the molecule is CN(C)C1CCN(c2cccc(Cl)c2CO)C1. The van der Waals surface area contributed by atoms with Crippen LogP contribution in [0.5, 0.6) is 0 Å². The molecular formula is C13H19ClN2O. The quantitative estimate of drug-likeness (QED) is 0.894. The number of nitrogens with zero attached hydrogens (tertiary/aromatic N) is 2. The van der Waals surface area contributed by atoms with Crippen LogP contribution < -0.4 is 4.90 Å². The number of likely N-dealkylation sites (N-methyl/N-ethyl adjacent to an activating group) is 1. The van der Waals surface area contributed by atoms with E-state index in [1.54, 1.807) is 0 Å². The predicted molar refractivity (Wildman–Crippen MR) is 71.7 cm³/mol. The second kappa shape index (κ2) is 5.25. The minimum absolute atomic E-state index is 0.00185. The minimum Gasteiger partial charge on any atom is -0.392 e. The van der Waals surface area contributed by atoms with Crippen LogP contribution in [-0.4, -0.2) is 43.2 Å². The summed E-state index contributed by atoms with van der Waals surface area (Å²) in [4.78, 5) is 4.56. The largest absolute Gasteiger partial charge is 0.392 e. The Balaban J connectivity index is 2.21. The number of hydrogen-bond donors (Lipinski definition) is 1. The zero-order chi connectivity index (χ0) is 12.4. The van der Waals surface area contributed by atoms with Crippen molar-refractivity contribution in [3.63, 3.8) is 0 Å². The van der Waals surface area contributed by atoms with Gasteiger partial charge in [0.2, 0.25) is 0 Å². The summed E-state index contributed by atoms with van der Waals surface area (Å²) in [5, 5.41) is 10.1. The molecule has 0 aliphatic carbocycles. The highest BCUT2D eigenvalue weighted by atomic mass is 35.5. The summed E-state index contributed by atoms with van der Waals surface area (Å²) < 4.78 is 0. The lowest BCUT2D eigenvalue weighted by Gasteiger charge is -2.24. The molecule has 0 radical (unpaired) electrons. The van der Waals surface area contributed by atoms with Crippen LogP contribution in [0.4, 0.5) is 5.69 Å². The first-order chi connectivity index (χ1) is 8.13. The molecule has 1 N–H and O–H groups in total. The van der Waals surface area contributed by atoms with Gasteiger partial charge >= 0.3 is 0 Å². The molecule has 0 spiro atoms. The first-order valence-electron chi connectivity index (χ1n) is 5.93. The maximum Gasteiger partial charge on any atom is 0.0716 e. The number of halogens is 1. The molecule has 0 saturated carbocycles. The van der Waals surface area contributed by atoms with Gasteiger partial charge in [0.25, 0.3) is 0 Å². The molecule has 0 aromatic heterocycles. The number of aliphatic hydroxyl groups excluding tert-OH is 1. The van der Waals surface area contributed by atoms with Gasteiger partial charge in [-0.25, -0.2) is 0 Å². The Bertz CT molecular complexity index is 395. The third kappa shape index (κ3) is 2.57. The topological polar surface area (TPSA) is 26.7 Å². The fourth-order valence-corrected chi connectivity index (χ4v) is 2.61. The van der Waals surface area contributed by atoms with E-state index in [9.17, 15) is 5.11 Å². The molecule has 1 aliphatic rings. The van der Waals surface area contributed by atoms with Gasteiger partial charge in [-0.1, -0.05) is 17.7 Å². The number of rotatable bonds is 3. The number of hydrogen-bond acceptors (Lipinski definition) is 3. The summed E-state index contributed by atoms with van der Waals surface area (Å²) in [5.41, 5.74) is 1.91. The second-order valence-electron chi connectivity index (χ2n) is 4.75. The van der Waals surface area contributed by atoms with Crippen LogP contribution >= 0.6 is 11.6 Å². The highest BCUT2D eigenvalue weighted by Gasteiger charge is 2.25. The van der Waals surface area contributed by atoms with Crippen molar-refractivity contribution in [2.45, 2.75) is 19.1 Å². The lowest BCUT2D eigenvalue weighted by molar-refractivity contribution is 0.282. The maximum absolute atomic E-state index is 9.41. The Morgan fingerprint density at radius 1 is 1.47 bits per heavy atom. The number of benzene rings is 1.